The molecule has 0 heterocycles. The Morgan fingerprint density at radius 1 is 1.43 bits per heavy atom. The van der Waals surface area contributed by atoms with Gasteiger partial charge in [0.1, 0.15) is 0 Å². The number of hydrogen-bond acceptors (Lipinski definition) is 3. The van der Waals surface area contributed by atoms with Gasteiger partial charge in [-0.2, -0.15) is 0 Å². The Bertz CT molecular complexity index is 390. The molecule has 14 heavy (non-hydrogen) atoms. The van der Waals surface area contributed by atoms with Crippen LogP contribution < -0.4 is 5.73 Å². The number of ether oxygens (including phenoxy) is 1. The van der Waals surface area contributed by atoms with Gasteiger partial charge in [-0.3, -0.25) is 4.79 Å². The number of halogens is 1. The van der Waals surface area contributed by atoms with Crippen molar-refractivity contribution < 1.29 is 14.3 Å². The summed E-state index contributed by atoms with van der Waals surface area (Å²) in [5, 5.41) is 0.224. The van der Waals surface area contributed by atoms with E-state index in [1.807, 2.05) is 0 Å². The fraction of sp³-hybridized carbons (Fsp3) is 0.111. The third kappa shape index (κ3) is 2.03. The fourth-order valence-electron chi connectivity index (χ4n) is 0.945. The van der Waals surface area contributed by atoms with E-state index in [1.165, 1.54) is 25.3 Å². The smallest absolute Gasteiger partial charge is 0.339 e. The molecule has 0 saturated carbocycles. The van der Waals surface area contributed by atoms with Crippen molar-refractivity contribution in [3.8, 4) is 0 Å². The molecule has 1 amide bonds. The summed E-state index contributed by atoms with van der Waals surface area (Å²) < 4.78 is 4.48. The summed E-state index contributed by atoms with van der Waals surface area (Å²) in [6, 6.07) is 4.17. The molecule has 1 aromatic rings. The lowest BCUT2D eigenvalue weighted by Crippen LogP contribution is -2.12. The average molecular weight is 214 g/mol. The highest BCUT2D eigenvalue weighted by Crippen LogP contribution is 2.18. The predicted molar refractivity (Wildman–Crippen MR) is 51.3 cm³/mol. The molecule has 4 nitrogen and oxygen atoms in total. The average Bonchev–Trinajstić information content (AvgIpc) is 2.17. The van der Waals surface area contributed by atoms with Gasteiger partial charge in [0.05, 0.1) is 17.7 Å². The van der Waals surface area contributed by atoms with Crippen molar-refractivity contribution in [1.82, 2.24) is 0 Å². The molecule has 0 unspecified atom stereocenters. The van der Waals surface area contributed by atoms with E-state index in [4.69, 9.17) is 17.3 Å². The molecule has 0 aromatic heterocycles. The first-order chi connectivity index (χ1) is 6.56. The van der Waals surface area contributed by atoms with Gasteiger partial charge in [-0.1, -0.05) is 11.6 Å². The van der Waals surface area contributed by atoms with Crippen LogP contribution in [-0.4, -0.2) is 19.0 Å². The fourth-order valence-corrected chi connectivity index (χ4v) is 1.14. The number of carbonyl (C=O) groups is 2. The third-order valence-electron chi connectivity index (χ3n) is 1.66. The Balaban J connectivity index is 3.21. The second-order valence-electron chi connectivity index (χ2n) is 2.55. The molecule has 0 spiro atoms. The van der Waals surface area contributed by atoms with Gasteiger partial charge in [0.2, 0.25) is 5.91 Å². The van der Waals surface area contributed by atoms with Crippen molar-refractivity contribution in [3.05, 3.63) is 34.3 Å². The van der Waals surface area contributed by atoms with Crippen LogP contribution in [-0.2, 0) is 4.74 Å². The molecule has 0 aliphatic carbocycles. The first-order valence-electron chi connectivity index (χ1n) is 3.74. The van der Waals surface area contributed by atoms with E-state index >= 15 is 0 Å². The Morgan fingerprint density at radius 2 is 2.07 bits per heavy atom. The van der Waals surface area contributed by atoms with Crippen LogP contribution in [0, 0.1) is 0 Å². The van der Waals surface area contributed by atoms with Crippen molar-refractivity contribution in [2.75, 3.05) is 7.11 Å². The minimum absolute atomic E-state index is 0.130. The van der Waals surface area contributed by atoms with Gasteiger partial charge < -0.3 is 10.5 Å². The molecule has 2 N–H and O–H groups in total. The van der Waals surface area contributed by atoms with Gasteiger partial charge in [0.15, 0.2) is 0 Å². The third-order valence-corrected chi connectivity index (χ3v) is 1.99. The maximum Gasteiger partial charge on any atom is 0.339 e. The molecular formula is C9H8ClNO3. The quantitative estimate of drug-likeness (QED) is 0.751. The number of methoxy groups -OCH3 is 1. The van der Waals surface area contributed by atoms with E-state index in [-0.39, 0.29) is 16.1 Å². The van der Waals surface area contributed by atoms with Gasteiger partial charge >= 0.3 is 5.97 Å². The van der Waals surface area contributed by atoms with Gasteiger partial charge in [0.25, 0.3) is 0 Å². The number of rotatable bonds is 2. The molecular weight excluding hydrogens is 206 g/mol. The van der Waals surface area contributed by atoms with Gasteiger partial charge in [-0.25, -0.2) is 4.79 Å². The minimum Gasteiger partial charge on any atom is -0.465 e. The highest BCUT2D eigenvalue weighted by Gasteiger charge is 2.12. The SMILES string of the molecule is COC(=O)c1cc(C(N)=O)ccc1Cl. The summed E-state index contributed by atoms with van der Waals surface area (Å²) in [4.78, 5) is 22.0. The lowest BCUT2D eigenvalue weighted by Gasteiger charge is -2.03. The lowest BCUT2D eigenvalue weighted by molar-refractivity contribution is 0.0601. The zero-order chi connectivity index (χ0) is 10.7. The Kier molecular flexibility index (Phi) is 3.09. The zero-order valence-corrected chi connectivity index (χ0v) is 8.17. The van der Waals surface area contributed by atoms with Crippen molar-refractivity contribution >= 4 is 23.5 Å². The van der Waals surface area contributed by atoms with Crippen molar-refractivity contribution in [1.29, 1.82) is 0 Å². The second-order valence-corrected chi connectivity index (χ2v) is 2.96. The van der Waals surface area contributed by atoms with Crippen molar-refractivity contribution in [2.24, 2.45) is 5.73 Å². The summed E-state index contributed by atoms with van der Waals surface area (Å²) in [6.45, 7) is 0. The second kappa shape index (κ2) is 4.11. The van der Waals surface area contributed by atoms with Gasteiger partial charge in [0, 0.05) is 5.56 Å². The van der Waals surface area contributed by atoms with Crippen LogP contribution in [0.25, 0.3) is 0 Å². The predicted octanol–water partition coefficient (Wildman–Crippen LogP) is 1.23. The molecule has 1 aromatic carbocycles. The highest BCUT2D eigenvalue weighted by molar-refractivity contribution is 6.33. The van der Waals surface area contributed by atoms with Crippen LogP contribution in [0.4, 0.5) is 0 Å². The maximum atomic E-state index is 11.2. The van der Waals surface area contributed by atoms with E-state index in [2.05, 4.69) is 4.74 Å². The van der Waals surface area contributed by atoms with E-state index in [1.54, 1.807) is 0 Å². The van der Waals surface area contributed by atoms with Gasteiger partial charge in [-0.05, 0) is 18.2 Å². The zero-order valence-electron chi connectivity index (χ0n) is 7.41. The van der Waals surface area contributed by atoms with Crippen LogP contribution in [0.3, 0.4) is 0 Å². The van der Waals surface area contributed by atoms with E-state index < -0.39 is 11.9 Å². The molecule has 1 rings (SSSR count). The van der Waals surface area contributed by atoms with Crippen LogP contribution in [0.2, 0.25) is 5.02 Å². The lowest BCUT2D eigenvalue weighted by atomic mass is 10.1. The normalized spacial score (nSPS) is 9.57. The molecule has 0 radical (unpaired) electrons. The van der Waals surface area contributed by atoms with Crippen LogP contribution >= 0.6 is 11.6 Å². The Labute approximate surface area is 85.6 Å². The molecule has 74 valence electrons. The van der Waals surface area contributed by atoms with Crippen LogP contribution in [0.1, 0.15) is 20.7 Å². The number of esters is 1. The molecule has 0 atom stereocenters. The number of nitrogens with two attached hydrogens (primary N) is 1. The largest absolute Gasteiger partial charge is 0.465 e. The molecule has 0 aliphatic heterocycles. The summed E-state index contributed by atoms with van der Waals surface area (Å²) in [5.41, 5.74) is 5.39. The number of benzene rings is 1. The molecule has 0 aliphatic rings. The van der Waals surface area contributed by atoms with E-state index in [0.29, 0.717) is 0 Å². The number of amides is 1. The van der Waals surface area contributed by atoms with Gasteiger partial charge in [-0.15, -0.1) is 0 Å². The van der Waals surface area contributed by atoms with Crippen LogP contribution in [0.15, 0.2) is 18.2 Å². The highest BCUT2D eigenvalue weighted by atomic mass is 35.5. The Hall–Kier alpha value is -1.55. The standard InChI is InChI=1S/C9H8ClNO3/c1-14-9(13)6-4-5(8(11)12)2-3-7(6)10/h2-4H,1H3,(H2,11,12). The van der Waals surface area contributed by atoms with Crippen molar-refractivity contribution in [3.63, 3.8) is 0 Å². The van der Waals surface area contributed by atoms with Crippen molar-refractivity contribution in [2.45, 2.75) is 0 Å². The first-order valence-corrected chi connectivity index (χ1v) is 4.11. The van der Waals surface area contributed by atoms with E-state index in [0.717, 1.165) is 0 Å². The number of hydrogen-bond donors (Lipinski definition) is 1. The maximum absolute atomic E-state index is 11.2. The first kappa shape index (κ1) is 10.5. The minimum atomic E-state index is -0.619. The summed E-state index contributed by atoms with van der Waals surface area (Å²) >= 11 is 5.72. The number of carbonyl (C=O) groups excluding carboxylic acids is 2. The van der Waals surface area contributed by atoms with E-state index in [9.17, 15) is 9.59 Å². The summed E-state index contributed by atoms with van der Waals surface area (Å²) in [5.74, 6) is -1.22. The summed E-state index contributed by atoms with van der Waals surface area (Å²) in [6.07, 6.45) is 0. The monoisotopic (exact) mass is 213 g/mol. The molecule has 5 heteroatoms. The molecule has 0 fully saturated rings. The Morgan fingerprint density at radius 3 is 2.57 bits per heavy atom. The molecule has 0 bridgehead atoms. The number of primary amides is 1. The van der Waals surface area contributed by atoms with Crippen LogP contribution in [0.5, 0.6) is 0 Å². The topological polar surface area (TPSA) is 69.4 Å². The molecule has 0 saturated heterocycles. The summed E-state index contributed by atoms with van der Waals surface area (Å²) in [7, 11) is 1.23.